The van der Waals surface area contributed by atoms with Gasteiger partial charge in [-0.15, -0.1) is 0 Å². The summed E-state index contributed by atoms with van der Waals surface area (Å²) in [6, 6.07) is 0. The normalized spacial score (nSPS) is 16.2. The van der Waals surface area contributed by atoms with Gasteiger partial charge in [0.15, 0.2) is 0 Å². The van der Waals surface area contributed by atoms with Gasteiger partial charge in [0, 0.05) is 5.57 Å². The second-order valence-corrected chi connectivity index (χ2v) is 6.08. The van der Waals surface area contributed by atoms with Crippen LogP contribution in [-0.2, 0) is 18.8 Å². The summed E-state index contributed by atoms with van der Waals surface area (Å²) in [5.74, 6) is -0.425. The molecule has 0 saturated heterocycles. The number of esters is 1. The van der Waals surface area contributed by atoms with E-state index < -0.39 is 19.1 Å². The van der Waals surface area contributed by atoms with E-state index in [1.54, 1.807) is 13.6 Å². The molecule has 0 radical (unpaired) electrons. The summed E-state index contributed by atoms with van der Waals surface area (Å²) in [5.41, 5.74) is 0.363. The van der Waals surface area contributed by atoms with Crippen molar-refractivity contribution in [1.82, 2.24) is 0 Å². The number of hydrogen-bond acceptors (Lipinski definition) is 4. The third-order valence-electron chi connectivity index (χ3n) is 2.50. The first kappa shape index (κ1) is 15.4. The first-order valence-corrected chi connectivity index (χ1v) is 7.22. The van der Waals surface area contributed by atoms with Gasteiger partial charge in [0.1, 0.15) is 19.8 Å². The predicted octanol–water partition coefficient (Wildman–Crippen LogP) is 2.44. The molecule has 0 bridgehead atoms. The van der Waals surface area contributed by atoms with Crippen molar-refractivity contribution < 1.29 is 18.8 Å². The van der Waals surface area contributed by atoms with Crippen molar-refractivity contribution in [2.75, 3.05) is 19.9 Å². The van der Waals surface area contributed by atoms with E-state index in [1.165, 1.54) is 0 Å². The Kier molecular flexibility index (Phi) is 6.61. The molecule has 2 atom stereocenters. The first-order chi connectivity index (χ1) is 7.33. The molecule has 94 valence electrons. The summed E-state index contributed by atoms with van der Waals surface area (Å²) in [7, 11) is -1.77. The number of carbonyl (C=O) groups is 1. The number of hydrogen-bond donors (Lipinski definition) is 0. The van der Waals surface area contributed by atoms with Crippen LogP contribution in [0.15, 0.2) is 12.2 Å². The van der Waals surface area contributed by atoms with Crippen molar-refractivity contribution in [1.29, 1.82) is 0 Å². The summed E-state index contributed by atoms with van der Waals surface area (Å²) >= 11 is 0. The summed E-state index contributed by atoms with van der Waals surface area (Å²) in [5, 5.41) is -0.597. The zero-order valence-electron chi connectivity index (χ0n) is 10.5. The van der Waals surface area contributed by atoms with Crippen LogP contribution in [0.2, 0.25) is 0 Å². The van der Waals surface area contributed by atoms with Gasteiger partial charge < -0.3 is 14.0 Å². The molecule has 0 N–H and O–H groups in total. The lowest BCUT2D eigenvalue weighted by atomic mass is 10.3. The van der Waals surface area contributed by atoms with E-state index >= 15 is 0 Å². The maximum absolute atomic E-state index is 11.5. The van der Waals surface area contributed by atoms with Crippen molar-refractivity contribution in [3.63, 3.8) is 0 Å². The summed E-state index contributed by atoms with van der Waals surface area (Å²) in [6.07, 6.45) is 0.676. The van der Waals surface area contributed by atoms with Crippen LogP contribution in [0.5, 0.6) is 0 Å². The molecule has 0 rings (SSSR count). The molecule has 0 spiro atoms. The molecule has 0 aliphatic carbocycles. The minimum absolute atomic E-state index is 0.163. The fraction of sp³-hybridized carbons (Fsp3) is 0.727. The lowest BCUT2D eigenvalue weighted by Crippen LogP contribution is -2.25. The molecule has 0 amide bonds. The molecule has 16 heavy (non-hydrogen) atoms. The average Bonchev–Trinajstić information content (AvgIpc) is 2.23. The van der Waals surface area contributed by atoms with Crippen LogP contribution in [0, 0.1) is 0 Å². The SMILES string of the molecule is C=C(C)C(=O)OCCOC(C)(CC)[PH](C)=O. The van der Waals surface area contributed by atoms with Crippen molar-refractivity contribution in [2.24, 2.45) is 0 Å². The highest BCUT2D eigenvalue weighted by atomic mass is 31.1. The van der Waals surface area contributed by atoms with Crippen molar-refractivity contribution in [2.45, 2.75) is 32.5 Å². The Bertz CT molecular complexity index is 288. The third kappa shape index (κ3) is 4.95. The smallest absolute Gasteiger partial charge is 0.333 e. The molecule has 0 aliphatic heterocycles. The van der Waals surface area contributed by atoms with Gasteiger partial charge in [0.25, 0.3) is 0 Å². The Morgan fingerprint density at radius 3 is 2.38 bits per heavy atom. The second kappa shape index (κ2) is 6.87. The molecule has 2 unspecified atom stereocenters. The minimum atomic E-state index is -1.77. The lowest BCUT2D eigenvalue weighted by Gasteiger charge is -2.26. The molecule has 0 saturated carbocycles. The van der Waals surface area contributed by atoms with E-state index in [-0.39, 0.29) is 13.2 Å². The maximum Gasteiger partial charge on any atom is 0.333 e. The van der Waals surface area contributed by atoms with Gasteiger partial charge in [-0.1, -0.05) is 13.5 Å². The molecule has 0 aromatic heterocycles. The Morgan fingerprint density at radius 1 is 1.44 bits per heavy atom. The molecular formula is C11H21O4P. The maximum atomic E-state index is 11.5. The molecule has 4 nitrogen and oxygen atoms in total. The van der Waals surface area contributed by atoms with E-state index in [4.69, 9.17) is 9.47 Å². The average molecular weight is 248 g/mol. The molecule has 0 aromatic rings. The van der Waals surface area contributed by atoms with Gasteiger partial charge >= 0.3 is 5.97 Å². The quantitative estimate of drug-likeness (QED) is 0.300. The van der Waals surface area contributed by atoms with E-state index in [9.17, 15) is 9.36 Å². The molecule has 0 fully saturated rings. The number of rotatable bonds is 7. The predicted molar refractivity (Wildman–Crippen MR) is 65.3 cm³/mol. The summed E-state index contributed by atoms with van der Waals surface area (Å²) < 4.78 is 21.8. The minimum Gasteiger partial charge on any atom is -0.460 e. The van der Waals surface area contributed by atoms with Crippen LogP contribution in [0.25, 0.3) is 0 Å². The van der Waals surface area contributed by atoms with Crippen molar-refractivity contribution >= 4 is 13.8 Å². The van der Waals surface area contributed by atoms with E-state index in [1.807, 2.05) is 13.8 Å². The molecule has 0 heterocycles. The first-order valence-electron chi connectivity index (χ1n) is 5.31. The van der Waals surface area contributed by atoms with E-state index in [0.29, 0.717) is 12.0 Å². The summed E-state index contributed by atoms with van der Waals surface area (Å²) in [6.45, 7) is 10.9. The van der Waals surface area contributed by atoms with Gasteiger partial charge in [-0.05, 0) is 26.9 Å². The molecule has 0 aromatic carbocycles. The van der Waals surface area contributed by atoms with Gasteiger partial charge in [-0.25, -0.2) is 4.79 Å². The zero-order chi connectivity index (χ0) is 12.8. The highest BCUT2D eigenvalue weighted by Crippen LogP contribution is 2.39. The van der Waals surface area contributed by atoms with Crippen molar-refractivity contribution in [3.05, 3.63) is 12.2 Å². The third-order valence-corrected chi connectivity index (χ3v) is 4.49. The number of ether oxygens (including phenoxy) is 2. The second-order valence-electron chi connectivity index (χ2n) is 3.91. The zero-order valence-corrected chi connectivity index (χ0v) is 11.5. The standard InChI is InChI=1S/C11H21O4P/c1-6-11(4,16(5)13)15-8-7-14-10(12)9(2)3/h16H,2,6-8H2,1,3-5H3. The molecule has 0 aliphatic rings. The van der Waals surface area contributed by atoms with Crippen LogP contribution in [-0.4, -0.2) is 31.2 Å². The highest BCUT2D eigenvalue weighted by Gasteiger charge is 2.26. The highest BCUT2D eigenvalue weighted by molar-refractivity contribution is 7.45. The van der Waals surface area contributed by atoms with Gasteiger partial charge in [0.2, 0.25) is 0 Å². The monoisotopic (exact) mass is 248 g/mol. The molecule has 5 heteroatoms. The van der Waals surface area contributed by atoms with Crippen LogP contribution in [0.4, 0.5) is 0 Å². The van der Waals surface area contributed by atoms with Gasteiger partial charge in [-0.3, -0.25) is 0 Å². The lowest BCUT2D eigenvalue weighted by molar-refractivity contribution is -0.141. The van der Waals surface area contributed by atoms with Gasteiger partial charge in [0.05, 0.1) is 6.61 Å². The fourth-order valence-corrected chi connectivity index (χ4v) is 1.78. The van der Waals surface area contributed by atoms with Crippen LogP contribution in [0.3, 0.4) is 0 Å². The summed E-state index contributed by atoms with van der Waals surface area (Å²) in [4.78, 5) is 11.0. The van der Waals surface area contributed by atoms with E-state index in [0.717, 1.165) is 0 Å². The Balaban J connectivity index is 3.94. The Morgan fingerprint density at radius 2 is 2.00 bits per heavy atom. The van der Waals surface area contributed by atoms with E-state index in [2.05, 4.69) is 6.58 Å². The molecular weight excluding hydrogens is 227 g/mol. The number of carbonyl (C=O) groups excluding carboxylic acids is 1. The Hall–Kier alpha value is -0.600. The topological polar surface area (TPSA) is 52.6 Å². The Labute approximate surface area is 97.8 Å². The van der Waals surface area contributed by atoms with Crippen LogP contribution < -0.4 is 0 Å². The van der Waals surface area contributed by atoms with Crippen molar-refractivity contribution in [3.8, 4) is 0 Å². The van der Waals surface area contributed by atoms with Crippen LogP contribution >= 0.6 is 7.80 Å². The fourth-order valence-electron chi connectivity index (χ4n) is 0.977. The van der Waals surface area contributed by atoms with Gasteiger partial charge in [-0.2, -0.15) is 0 Å². The largest absolute Gasteiger partial charge is 0.460 e. The van der Waals surface area contributed by atoms with Crippen LogP contribution in [0.1, 0.15) is 27.2 Å².